The molecule has 1 saturated heterocycles. The van der Waals surface area contributed by atoms with Gasteiger partial charge in [-0.3, -0.25) is 0 Å². The van der Waals surface area contributed by atoms with Crippen LogP contribution >= 0.6 is 0 Å². The highest BCUT2D eigenvalue weighted by Gasteiger charge is 2.45. The van der Waals surface area contributed by atoms with Gasteiger partial charge in [0.25, 0.3) is 0 Å². The van der Waals surface area contributed by atoms with Gasteiger partial charge in [-0.2, -0.15) is 0 Å². The lowest BCUT2D eigenvalue weighted by Gasteiger charge is -2.37. The molecule has 0 aromatic rings. The van der Waals surface area contributed by atoms with Crippen molar-refractivity contribution in [1.29, 1.82) is 0 Å². The number of piperidine rings is 1. The molecule has 2 fully saturated rings. The molecule has 2 rings (SSSR count). The second kappa shape index (κ2) is 4.46. The van der Waals surface area contributed by atoms with Gasteiger partial charge in [0.05, 0.1) is 5.60 Å². The lowest BCUT2D eigenvalue weighted by molar-refractivity contribution is -0.00967. The van der Waals surface area contributed by atoms with E-state index in [2.05, 4.69) is 10.1 Å². The van der Waals surface area contributed by atoms with E-state index in [0.717, 1.165) is 45.3 Å². The molecule has 1 heterocycles. The average molecular weight is 241 g/mol. The third kappa shape index (κ3) is 3.33. The Bertz CT molecular complexity index is 301. The van der Waals surface area contributed by atoms with Crippen molar-refractivity contribution in [3.63, 3.8) is 0 Å². The highest BCUT2D eigenvalue weighted by molar-refractivity contribution is 5.80. The van der Waals surface area contributed by atoms with Gasteiger partial charge in [-0.15, -0.1) is 0 Å². The summed E-state index contributed by atoms with van der Waals surface area (Å²) in [5.41, 5.74) is 5.34. The summed E-state index contributed by atoms with van der Waals surface area (Å²) < 4.78 is 0. The van der Waals surface area contributed by atoms with Gasteiger partial charge in [0.15, 0.2) is 0 Å². The lowest BCUT2D eigenvalue weighted by atomic mass is 9.92. The lowest BCUT2D eigenvalue weighted by Crippen LogP contribution is -2.44. The SMILES string of the molecule is CC1(O)CCN(CC2(CC(N)=NO)CC2)CC1. The number of oxime groups is 1. The molecule has 0 spiro atoms. The Morgan fingerprint density at radius 1 is 1.29 bits per heavy atom. The van der Waals surface area contributed by atoms with Crippen molar-refractivity contribution in [2.24, 2.45) is 16.3 Å². The second-order valence-corrected chi connectivity index (χ2v) is 6.04. The van der Waals surface area contributed by atoms with Crippen molar-refractivity contribution < 1.29 is 10.3 Å². The molecule has 0 aromatic carbocycles. The van der Waals surface area contributed by atoms with Crippen LogP contribution in [0.5, 0.6) is 0 Å². The summed E-state index contributed by atoms with van der Waals surface area (Å²) in [5.74, 6) is 0.339. The van der Waals surface area contributed by atoms with E-state index in [4.69, 9.17) is 10.9 Å². The summed E-state index contributed by atoms with van der Waals surface area (Å²) in [6, 6.07) is 0. The van der Waals surface area contributed by atoms with E-state index in [1.165, 1.54) is 0 Å². The third-order valence-electron chi connectivity index (χ3n) is 4.13. The molecule has 98 valence electrons. The molecule has 0 radical (unpaired) electrons. The molecule has 2 aliphatic rings. The number of hydrogen-bond donors (Lipinski definition) is 3. The quantitative estimate of drug-likeness (QED) is 0.293. The standard InChI is InChI=1S/C12H23N3O2/c1-11(16)4-6-15(7-5-11)9-12(2-3-12)8-10(13)14-17/h16-17H,2-9H2,1H3,(H2,13,14). The molecule has 17 heavy (non-hydrogen) atoms. The van der Waals surface area contributed by atoms with Crippen LogP contribution in [0.15, 0.2) is 5.16 Å². The summed E-state index contributed by atoms with van der Waals surface area (Å²) in [4.78, 5) is 2.40. The first kappa shape index (κ1) is 12.6. The van der Waals surface area contributed by atoms with Crippen molar-refractivity contribution >= 4 is 5.84 Å². The van der Waals surface area contributed by atoms with Crippen LogP contribution < -0.4 is 5.73 Å². The minimum atomic E-state index is -0.487. The number of amidine groups is 1. The maximum Gasteiger partial charge on any atom is 0.139 e. The predicted molar refractivity (Wildman–Crippen MR) is 66.0 cm³/mol. The molecule has 0 amide bonds. The van der Waals surface area contributed by atoms with Crippen LogP contribution in [-0.4, -0.2) is 46.3 Å². The normalized spacial score (nSPS) is 28.0. The summed E-state index contributed by atoms with van der Waals surface area (Å²) in [6.07, 6.45) is 4.70. The molecule has 1 saturated carbocycles. The Morgan fingerprint density at radius 3 is 2.35 bits per heavy atom. The topological polar surface area (TPSA) is 82.1 Å². The molecular weight excluding hydrogens is 218 g/mol. The zero-order valence-electron chi connectivity index (χ0n) is 10.5. The van der Waals surface area contributed by atoms with Crippen LogP contribution in [-0.2, 0) is 0 Å². The molecule has 1 aliphatic carbocycles. The number of nitrogens with zero attached hydrogens (tertiary/aromatic N) is 2. The Labute approximate surface area is 102 Å². The minimum absolute atomic E-state index is 0.236. The van der Waals surface area contributed by atoms with Crippen LogP contribution in [0.25, 0.3) is 0 Å². The molecule has 4 N–H and O–H groups in total. The van der Waals surface area contributed by atoms with Crippen molar-refractivity contribution in [3.8, 4) is 0 Å². The Hall–Kier alpha value is -0.810. The van der Waals surface area contributed by atoms with E-state index in [9.17, 15) is 5.11 Å². The van der Waals surface area contributed by atoms with Gasteiger partial charge >= 0.3 is 0 Å². The van der Waals surface area contributed by atoms with Gasteiger partial charge in [-0.1, -0.05) is 5.16 Å². The smallest absolute Gasteiger partial charge is 0.139 e. The number of rotatable bonds is 4. The first-order valence-corrected chi connectivity index (χ1v) is 6.36. The zero-order valence-corrected chi connectivity index (χ0v) is 10.5. The van der Waals surface area contributed by atoms with Crippen LogP contribution in [0.4, 0.5) is 0 Å². The van der Waals surface area contributed by atoms with E-state index >= 15 is 0 Å². The molecule has 0 unspecified atom stereocenters. The molecule has 0 bridgehead atoms. The average Bonchev–Trinajstić information content (AvgIpc) is 3.01. The molecule has 0 atom stereocenters. The molecular formula is C12H23N3O2. The number of nitrogens with two attached hydrogens (primary N) is 1. The van der Waals surface area contributed by atoms with E-state index in [1.54, 1.807) is 0 Å². The van der Waals surface area contributed by atoms with Gasteiger partial charge in [0, 0.05) is 26.1 Å². The minimum Gasteiger partial charge on any atom is -0.409 e. The first-order valence-electron chi connectivity index (χ1n) is 6.36. The van der Waals surface area contributed by atoms with Crippen molar-refractivity contribution in [2.75, 3.05) is 19.6 Å². The van der Waals surface area contributed by atoms with Gasteiger partial charge in [-0.25, -0.2) is 0 Å². The summed E-state index contributed by atoms with van der Waals surface area (Å²) in [7, 11) is 0. The summed E-state index contributed by atoms with van der Waals surface area (Å²) in [5, 5.41) is 21.6. The van der Waals surface area contributed by atoms with Crippen molar-refractivity contribution in [3.05, 3.63) is 0 Å². The van der Waals surface area contributed by atoms with Crippen molar-refractivity contribution in [1.82, 2.24) is 4.90 Å². The van der Waals surface area contributed by atoms with Crippen LogP contribution in [0.3, 0.4) is 0 Å². The van der Waals surface area contributed by atoms with E-state index in [1.807, 2.05) is 6.92 Å². The maximum absolute atomic E-state index is 9.89. The summed E-state index contributed by atoms with van der Waals surface area (Å²) in [6.45, 7) is 4.82. The third-order valence-corrected chi connectivity index (χ3v) is 4.13. The van der Waals surface area contributed by atoms with Gasteiger partial charge < -0.3 is 20.9 Å². The Balaban J connectivity index is 1.82. The zero-order chi connectivity index (χ0) is 12.5. The van der Waals surface area contributed by atoms with Crippen LogP contribution in [0.2, 0.25) is 0 Å². The van der Waals surface area contributed by atoms with Crippen LogP contribution in [0, 0.1) is 5.41 Å². The highest BCUT2D eigenvalue weighted by atomic mass is 16.4. The van der Waals surface area contributed by atoms with E-state index in [-0.39, 0.29) is 5.41 Å². The Kier molecular flexibility index (Phi) is 3.32. The predicted octanol–water partition coefficient (Wildman–Crippen LogP) is 0.750. The Morgan fingerprint density at radius 2 is 1.88 bits per heavy atom. The molecule has 0 aromatic heterocycles. The molecule has 5 heteroatoms. The highest BCUT2D eigenvalue weighted by Crippen LogP contribution is 2.49. The van der Waals surface area contributed by atoms with E-state index < -0.39 is 5.60 Å². The number of aliphatic hydroxyl groups is 1. The second-order valence-electron chi connectivity index (χ2n) is 6.04. The molecule has 5 nitrogen and oxygen atoms in total. The fourth-order valence-electron chi connectivity index (χ4n) is 2.65. The van der Waals surface area contributed by atoms with Gasteiger partial charge in [0.1, 0.15) is 5.84 Å². The van der Waals surface area contributed by atoms with Gasteiger partial charge in [0.2, 0.25) is 0 Å². The fourth-order valence-corrected chi connectivity index (χ4v) is 2.65. The van der Waals surface area contributed by atoms with Crippen molar-refractivity contribution in [2.45, 2.75) is 44.6 Å². The summed E-state index contributed by atoms with van der Waals surface area (Å²) >= 11 is 0. The first-order chi connectivity index (χ1) is 7.95. The number of hydrogen-bond acceptors (Lipinski definition) is 4. The largest absolute Gasteiger partial charge is 0.409 e. The monoisotopic (exact) mass is 241 g/mol. The number of likely N-dealkylation sites (tertiary alicyclic amines) is 1. The molecule has 1 aliphatic heterocycles. The van der Waals surface area contributed by atoms with Gasteiger partial charge in [-0.05, 0) is 38.0 Å². The fraction of sp³-hybridized carbons (Fsp3) is 0.917. The maximum atomic E-state index is 9.89. The van der Waals surface area contributed by atoms with E-state index in [0.29, 0.717) is 12.3 Å². The van der Waals surface area contributed by atoms with Crippen LogP contribution in [0.1, 0.15) is 39.0 Å².